The highest BCUT2D eigenvalue weighted by atomic mass is 79.9. The van der Waals surface area contributed by atoms with Gasteiger partial charge in [-0.2, -0.15) is 5.26 Å². The summed E-state index contributed by atoms with van der Waals surface area (Å²) in [6.45, 7) is 0. The molecule has 0 aliphatic heterocycles. The van der Waals surface area contributed by atoms with Crippen molar-refractivity contribution in [2.45, 2.75) is 6.42 Å². The second kappa shape index (κ2) is 5.23. The highest BCUT2D eigenvalue weighted by Crippen LogP contribution is 2.32. The largest absolute Gasteiger partial charge is 0.319 e. The summed E-state index contributed by atoms with van der Waals surface area (Å²) >= 11 is 3.02. The van der Waals surface area contributed by atoms with Gasteiger partial charge in [0.05, 0.1) is 15.5 Å². The number of hydrogen-bond donors (Lipinski definition) is 1. The van der Waals surface area contributed by atoms with Gasteiger partial charge in [-0.3, -0.25) is 14.9 Å². The lowest BCUT2D eigenvalue weighted by atomic mass is 10.2. The molecule has 1 amide bonds. The van der Waals surface area contributed by atoms with E-state index in [1.807, 2.05) is 0 Å². The van der Waals surface area contributed by atoms with Crippen molar-refractivity contribution in [3.63, 3.8) is 0 Å². The number of halogens is 1. The third kappa shape index (κ3) is 2.77. The molecule has 0 aliphatic carbocycles. The van der Waals surface area contributed by atoms with E-state index in [1.165, 1.54) is 12.1 Å². The monoisotopic (exact) mass is 283 g/mol. The molecule has 0 heterocycles. The summed E-state index contributed by atoms with van der Waals surface area (Å²) in [5, 5.41) is 21.3. The van der Waals surface area contributed by atoms with Crippen LogP contribution in [0.2, 0.25) is 0 Å². The third-order valence-electron chi connectivity index (χ3n) is 1.68. The Morgan fingerprint density at radius 2 is 2.31 bits per heavy atom. The summed E-state index contributed by atoms with van der Waals surface area (Å²) in [7, 11) is 0. The third-order valence-corrected chi connectivity index (χ3v) is 2.32. The minimum absolute atomic E-state index is 0.0691. The second-order valence-corrected chi connectivity index (χ2v) is 3.63. The zero-order valence-electron chi connectivity index (χ0n) is 7.94. The topological polar surface area (TPSA) is 96.0 Å². The van der Waals surface area contributed by atoms with Crippen LogP contribution >= 0.6 is 15.9 Å². The van der Waals surface area contributed by atoms with E-state index in [9.17, 15) is 14.9 Å². The van der Waals surface area contributed by atoms with Gasteiger partial charge in [0, 0.05) is 0 Å². The molecule has 1 aromatic rings. The predicted octanol–water partition coefficient (Wildman–Crippen LogP) is 2.21. The van der Waals surface area contributed by atoms with Crippen molar-refractivity contribution < 1.29 is 9.72 Å². The molecule has 0 atom stereocenters. The molecular formula is C9H6BrN3O3. The van der Waals surface area contributed by atoms with E-state index in [1.54, 1.807) is 12.1 Å². The first-order valence-electron chi connectivity index (χ1n) is 4.16. The molecule has 0 aliphatic rings. The summed E-state index contributed by atoms with van der Waals surface area (Å²) in [4.78, 5) is 21.3. The summed E-state index contributed by atoms with van der Waals surface area (Å²) in [5.41, 5.74) is -0.159. The van der Waals surface area contributed by atoms with Crippen LogP contribution in [0.1, 0.15) is 6.42 Å². The highest BCUT2D eigenvalue weighted by Gasteiger charge is 2.19. The number of anilines is 1. The highest BCUT2D eigenvalue weighted by molar-refractivity contribution is 9.10. The molecule has 0 spiro atoms. The quantitative estimate of drug-likeness (QED) is 0.679. The number of nitriles is 1. The maximum absolute atomic E-state index is 11.1. The minimum Gasteiger partial charge on any atom is -0.319 e. The van der Waals surface area contributed by atoms with Gasteiger partial charge in [0.15, 0.2) is 0 Å². The van der Waals surface area contributed by atoms with Gasteiger partial charge in [-0.25, -0.2) is 0 Å². The van der Waals surface area contributed by atoms with E-state index in [4.69, 9.17) is 5.26 Å². The first-order chi connectivity index (χ1) is 7.56. The van der Waals surface area contributed by atoms with Crippen LogP contribution in [0.25, 0.3) is 0 Å². The number of amides is 1. The first kappa shape index (κ1) is 12.1. The number of carbonyl (C=O) groups excluding carboxylic acids is 1. The van der Waals surface area contributed by atoms with Gasteiger partial charge in [-0.15, -0.1) is 0 Å². The van der Waals surface area contributed by atoms with Gasteiger partial charge in [-0.05, 0) is 28.1 Å². The van der Waals surface area contributed by atoms with Crippen LogP contribution < -0.4 is 5.32 Å². The molecular weight excluding hydrogens is 278 g/mol. The maximum Gasteiger partial charge on any atom is 0.306 e. The molecule has 7 heteroatoms. The van der Waals surface area contributed by atoms with Crippen LogP contribution in [0.15, 0.2) is 22.7 Å². The Balaban J connectivity index is 3.05. The average Bonchev–Trinajstić information content (AvgIpc) is 2.17. The number of rotatable bonds is 3. The Morgan fingerprint density at radius 1 is 1.62 bits per heavy atom. The minimum atomic E-state index is -0.605. The van der Waals surface area contributed by atoms with Crippen molar-refractivity contribution >= 4 is 33.2 Å². The van der Waals surface area contributed by atoms with Gasteiger partial charge in [0.25, 0.3) is 0 Å². The van der Waals surface area contributed by atoms with Gasteiger partial charge < -0.3 is 5.32 Å². The Hall–Kier alpha value is -1.94. The Kier molecular flexibility index (Phi) is 3.96. The molecule has 0 saturated heterocycles. The van der Waals surface area contributed by atoms with E-state index < -0.39 is 10.8 Å². The predicted molar refractivity (Wildman–Crippen MR) is 59.7 cm³/mol. The van der Waals surface area contributed by atoms with E-state index in [2.05, 4.69) is 21.2 Å². The number of nitrogens with one attached hydrogen (secondary N) is 1. The number of nitrogens with zero attached hydrogens (tertiary/aromatic N) is 2. The van der Waals surface area contributed by atoms with E-state index >= 15 is 0 Å². The SMILES string of the molecule is N#CCC(=O)Nc1cccc(Br)c1[N+](=O)[O-]. The van der Waals surface area contributed by atoms with Crippen LogP contribution in [0.5, 0.6) is 0 Å². The maximum atomic E-state index is 11.1. The molecule has 0 unspecified atom stereocenters. The lowest BCUT2D eigenvalue weighted by Crippen LogP contribution is -2.11. The van der Waals surface area contributed by atoms with E-state index in [0.29, 0.717) is 0 Å². The lowest BCUT2D eigenvalue weighted by molar-refractivity contribution is -0.384. The molecule has 1 N–H and O–H groups in total. The average molecular weight is 284 g/mol. The normalized spacial score (nSPS) is 9.25. The molecule has 0 aromatic heterocycles. The van der Waals surface area contributed by atoms with Gasteiger partial charge >= 0.3 is 5.69 Å². The fourth-order valence-electron chi connectivity index (χ4n) is 1.07. The van der Waals surface area contributed by atoms with Crippen molar-refractivity contribution in [2.75, 3.05) is 5.32 Å². The smallest absolute Gasteiger partial charge is 0.306 e. The number of nitro groups is 1. The number of nitro benzene ring substituents is 1. The standard InChI is InChI=1S/C9H6BrN3O3/c10-6-2-1-3-7(9(6)13(15)16)12-8(14)4-5-11/h1-3H,4H2,(H,12,14). The van der Waals surface area contributed by atoms with Gasteiger partial charge in [0.1, 0.15) is 12.1 Å². The number of carbonyl (C=O) groups is 1. The van der Waals surface area contributed by atoms with Gasteiger partial charge in [0.2, 0.25) is 5.91 Å². The molecule has 6 nitrogen and oxygen atoms in total. The first-order valence-corrected chi connectivity index (χ1v) is 4.95. The van der Waals surface area contributed by atoms with Crippen LogP contribution in [0.3, 0.4) is 0 Å². The second-order valence-electron chi connectivity index (χ2n) is 2.78. The zero-order chi connectivity index (χ0) is 12.1. The Labute approximate surface area is 99.2 Å². The summed E-state index contributed by atoms with van der Waals surface area (Å²) in [6, 6.07) is 6.11. The van der Waals surface area contributed by atoms with Crippen LogP contribution in [-0.4, -0.2) is 10.8 Å². The molecule has 1 aromatic carbocycles. The molecule has 0 saturated carbocycles. The number of hydrogen-bond acceptors (Lipinski definition) is 4. The molecule has 0 bridgehead atoms. The van der Waals surface area contributed by atoms with Crippen LogP contribution in [0.4, 0.5) is 11.4 Å². The Bertz CT molecular complexity index is 481. The van der Waals surface area contributed by atoms with Crippen molar-refractivity contribution in [3.05, 3.63) is 32.8 Å². The number of para-hydroxylation sites is 1. The summed E-state index contributed by atoms with van der Waals surface area (Å²) in [5.74, 6) is -0.580. The fourth-order valence-corrected chi connectivity index (χ4v) is 1.58. The van der Waals surface area contributed by atoms with E-state index in [0.717, 1.165) is 0 Å². The van der Waals surface area contributed by atoms with E-state index in [-0.39, 0.29) is 22.3 Å². The summed E-state index contributed by atoms with van der Waals surface area (Å²) < 4.78 is 0.271. The molecule has 16 heavy (non-hydrogen) atoms. The van der Waals surface area contributed by atoms with Crippen molar-refractivity contribution in [1.29, 1.82) is 5.26 Å². The van der Waals surface area contributed by atoms with Crippen molar-refractivity contribution in [3.8, 4) is 6.07 Å². The molecule has 0 fully saturated rings. The van der Waals surface area contributed by atoms with Crippen LogP contribution in [-0.2, 0) is 4.79 Å². The van der Waals surface area contributed by atoms with Crippen molar-refractivity contribution in [2.24, 2.45) is 0 Å². The van der Waals surface area contributed by atoms with Gasteiger partial charge in [-0.1, -0.05) is 6.07 Å². The molecule has 1 rings (SSSR count). The Morgan fingerprint density at radius 3 is 2.88 bits per heavy atom. The van der Waals surface area contributed by atoms with Crippen molar-refractivity contribution in [1.82, 2.24) is 0 Å². The number of benzene rings is 1. The fraction of sp³-hybridized carbons (Fsp3) is 0.111. The lowest BCUT2D eigenvalue weighted by Gasteiger charge is -2.04. The zero-order valence-corrected chi connectivity index (χ0v) is 9.52. The molecule has 0 radical (unpaired) electrons. The van der Waals surface area contributed by atoms with Crippen LogP contribution in [0, 0.1) is 21.4 Å². The molecule has 82 valence electrons. The summed E-state index contributed by atoms with van der Waals surface area (Å²) in [6.07, 6.45) is -0.344.